The lowest BCUT2D eigenvalue weighted by Gasteiger charge is -2.15. The molecule has 5 heteroatoms. The van der Waals surface area contributed by atoms with Gasteiger partial charge in [0.25, 0.3) is 0 Å². The molecule has 1 aromatic carbocycles. The molecule has 2 atom stereocenters. The largest absolute Gasteiger partial charge is 0.495 e. The van der Waals surface area contributed by atoms with E-state index in [0.29, 0.717) is 11.7 Å². The predicted molar refractivity (Wildman–Crippen MR) is 74.9 cm³/mol. The van der Waals surface area contributed by atoms with Gasteiger partial charge >= 0.3 is 0 Å². The van der Waals surface area contributed by atoms with E-state index in [2.05, 4.69) is 11.6 Å². The Kier molecular flexibility index (Phi) is 4.16. The molecule has 1 fully saturated rings. The van der Waals surface area contributed by atoms with Gasteiger partial charge in [0.1, 0.15) is 10.6 Å². The molecule has 4 nitrogen and oxygen atoms in total. The van der Waals surface area contributed by atoms with E-state index in [-0.39, 0.29) is 10.9 Å². The average Bonchev–Trinajstić information content (AvgIpc) is 2.74. The third kappa shape index (κ3) is 3.28. The standard InChI is InChI=1S/C14H21NO3S/c1-10-4-6-12(8-10)15-19(16,17)14-9-11(2)5-7-13(14)18-3/h5,7,9-10,12,15H,4,6,8H2,1-3H3. The van der Waals surface area contributed by atoms with Crippen molar-refractivity contribution < 1.29 is 13.2 Å². The van der Waals surface area contributed by atoms with E-state index in [4.69, 9.17) is 4.74 Å². The summed E-state index contributed by atoms with van der Waals surface area (Å²) >= 11 is 0. The molecule has 2 unspecified atom stereocenters. The van der Waals surface area contributed by atoms with E-state index in [0.717, 1.165) is 24.8 Å². The molecule has 2 rings (SSSR count). The number of rotatable bonds is 4. The highest BCUT2D eigenvalue weighted by Gasteiger charge is 2.28. The molecule has 1 saturated carbocycles. The fraction of sp³-hybridized carbons (Fsp3) is 0.571. The predicted octanol–water partition coefficient (Wildman–Crippen LogP) is 2.47. The van der Waals surface area contributed by atoms with Crippen LogP contribution in [-0.2, 0) is 10.0 Å². The second-order valence-electron chi connectivity index (χ2n) is 5.39. The van der Waals surface area contributed by atoms with Crippen molar-refractivity contribution in [3.8, 4) is 5.75 Å². The first-order chi connectivity index (χ1) is 8.92. The molecule has 0 aliphatic heterocycles. The summed E-state index contributed by atoms with van der Waals surface area (Å²) < 4.78 is 32.8. The van der Waals surface area contributed by atoms with Gasteiger partial charge in [-0.3, -0.25) is 0 Å². The molecule has 1 aliphatic carbocycles. The number of hydrogen-bond acceptors (Lipinski definition) is 3. The van der Waals surface area contributed by atoms with E-state index in [1.165, 1.54) is 7.11 Å². The van der Waals surface area contributed by atoms with Crippen molar-refractivity contribution in [3.05, 3.63) is 23.8 Å². The Bertz CT molecular complexity index is 554. The van der Waals surface area contributed by atoms with Crippen LogP contribution in [0.3, 0.4) is 0 Å². The Morgan fingerprint density at radius 2 is 2.05 bits per heavy atom. The minimum Gasteiger partial charge on any atom is -0.495 e. The lowest BCUT2D eigenvalue weighted by molar-refractivity contribution is 0.401. The van der Waals surface area contributed by atoms with Crippen molar-refractivity contribution in [2.45, 2.75) is 44.0 Å². The van der Waals surface area contributed by atoms with Crippen LogP contribution < -0.4 is 9.46 Å². The first kappa shape index (κ1) is 14.3. The maximum atomic E-state index is 12.4. The number of aryl methyl sites for hydroxylation is 1. The van der Waals surface area contributed by atoms with Crippen molar-refractivity contribution in [1.29, 1.82) is 0 Å². The molecule has 1 aromatic rings. The van der Waals surface area contributed by atoms with E-state index >= 15 is 0 Å². The quantitative estimate of drug-likeness (QED) is 0.923. The zero-order chi connectivity index (χ0) is 14.0. The van der Waals surface area contributed by atoms with Gasteiger partial charge < -0.3 is 4.74 Å². The Morgan fingerprint density at radius 3 is 2.63 bits per heavy atom. The molecular formula is C14H21NO3S. The summed E-state index contributed by atoms with van der Waals surface area (Å²) in [4.78, 5) is 0.231. The van der Waals surface area contributed by atoms with Crippen LogP contribution in [0.2, 0.25) is 0 Å². The normalized spacial score (nSPS) is 23.5. The van der Waals surface area contributed by atoms with Gasteiger partial charge in [0, 0.05) is 6.04 Å². The van der Waals surface area contributed by atoms with Crippen LogP contribution in [0.4, 0.5) is 0 Å². The molecule has 0 radical (unpaired) electrons. The number of ether oxygens (including phenoxy) is 1. The first-order valence-electron chi connectivity index (χ1n) is 6.59. The van der Waals surface area contributed by atoms with Crippen LogP contribution >= 0.6 is 0 Å². The molecule has 0 heterocycles. The van der Waals surface area contributed by atoms with E-state index in [1.807, 2.05) is 13.0 Å². The number of sulfonamides is 1. The zero-order valence-corrected chi connectivity index (χ0v) is 12.5. The summed E-state index contributed by atoms with van der Waals surface area (Å²) in [5.74, 6) is 0.983. The van der Waals surface area contributed by atoms with E-state index in [9.17, 15) is 8.42 Å². The fourth-order valence-corrected chi connectivity index (χ4v) is 4.13. The summed E-state index contributed by atoms with van der Waals surface area (Å²) in [5, 5.41) is 0. The molecule has 19 heavy (non-hydrogen) atoms. The Morgan fingerprint density at radius 1 is 1.32 bits per heavy atom. The molecule has 1 N–H and O–H groups in total. The number of methoxy groups -OCH3 is 1. The number of nitrogens with one attached hydrogen (secondary N) is 1. The SMILES string of the molecule is COc1ccc(C)cc1S(=O)(=O)NC1CCC(C)C1. The smallest absolute Gasteiger partial charge is 0.244 e. The Balaban J connectivity index is 2.26. The third-order valence-corrected chi connectivity index (χ3v) is 5.17. The highest BCUT2D eigenvalue weighted by molar-refractivity contribution is 7.89. The van der Waals surface area contributed by atoms with Crippen molar-refractivity contribution in [2.75, 3.05) is 7.11 Å². The zero-order valence-electron chi connectivity index (χ0n) is 11.6. The van der Waals surface area contributed by atoms with Gasteiger partial charge in [0.15, 0.2) is 0 Å². The highest BCUT2D eigenvalue weighted by atomic mass is 32.2. The maximum Gasteiger partial charge on any atom is 0.244 e. The minimum atomic E-state index is -3.51. The van der Waals surface area contributed by atoms with Crippen molar-refractivity contribution in [3.63, 3.8) is 0 Å². The summed E-state index contributed by atoms with van der Waals surface area (Å²) in [5.41, 5.74) is 0.904. The van der Waals surface area contributed by atoms with Crippen LogP contribution in [0, 0.1) is 12.8 Å². The average molecular weight is 283 g/mol. The minimum absolute atomic E-state index is 0.0465. The van der Waals surface area contributed by atoms with E-state index < -0.39 is 10.0 Å². The number of hydrogen-bond donors (Lipinski definition) is 1. The first-order valence-corrected chi connectivity index (χ1v) is 8.07. The van der Waals surface area contributed by atoms with Crippen LogP contribution in [0.25, 0.3) is 0 Å². The summed E-state index contributed by atoms with van der Waals surface area (Å²) in [6.07, 6.45) is 2.90. The topological polar surface area (TPSA) is 55.4 Å². The number of benzene rings is 1. The molecule has 106 valence electrons. The summed E-state index contributed by atoms with van der Waals surface area (Å²) in [6, 6.07) is 5.24. The monoisotopic (exact) mass is 283 g/mol. The second kappa shape index (κ2) is 5.51. The molecule has 0 aromatic heterocycles. The summed E-state index contributed by atoms with van der Waals surface area (Å²) in [6.45, 7) is 4.03. The molecule has 0 spiro atoms. The maximum absolute atomic E-state index is 12.4. The molecule has 0 amide bonds. The van der Waals surface area contributed by atoms with Crippen LogP contribution in [0.15, 0.2) is 23.1 Å². The van der Waals surface area contributed by atoms with Gasteiger partial charge in [-0.25, -0.2) is 13.1 Å². The van der Waals surface area contributed by atoms with Gasteiger partial charge in [-0.2, -0.15) is 0 Å². The molecule has 0 bridgehead atoms. The molecule has 1 aliphatic rings. The van der Waals surface area contributed by atoms with Gasteiger partial charge in [-0.05, 0) is 49.8 Å². The Labute approximate surface area is 115 Å². The summed E-state index contributed by atoms with van der Waals surface area (Å²) in [7, 11) is -2.02. The Hall–Kier alpha value is -1.07. The fourth-order valence-electron chi connectivity index (χ4n) is 2.59. The van der Waals surface area contributed by atoms with Gasteiger partial charge in [-0.1, -0.05) is 13.0 Å². The van der Waals surface area contributed by atoms with Crippen molar-refractivity contribution in [1.82, 2.24) is 4.72 Å². The van der Waals surface area contributed by atoms with Crippen LogP contribution in [-0.4, -0.2) is 21.6 Å². The van der Waals surface area contributed by atoms with Gasteiger partial charge in [0.2, 0.25) is 10.0 Å². The van der Waals surface area contributed by atoms with Crippen molar-refractivity contribution in [2.24, 2.45) is 5.92 Å². The van der Waals surface area contributed by atoms with Crippen LogP contribution in [0.1, 0.15) is 31.7 Å². The third-order valence-electron chi connectivity index (χ3n) is 3.63. The lowest BCUT2D eigenvalue weighted by Crippen LogP contribution is -2.33. The van der Waals surface area contributed by atoms with Gasteiger partial charge in [-0.15, -0.1) is 0 Å². The van der Waals surface area contributed by atoms with Gasteiger partial charge in [0.05, 0.1) is 7.11 Å². The highest BCUT2D eigenvalue weighted by Crippen LogP contribution is 2.29. The second-order valence-corrected chi connectivity index (χ2v) is 7.07. The van der Waals surface area contributed by atoms with Crippen molar-refractivity contribution >= 4 is 10.0 Å². The van der Waals surface area contributed by atoms with Crippen LogP contribution in [0.5, 0.6) is 5.75 Å². The van der Waals surface area contributed by atoms with E-state index in [1.54, 1.807) is 12.1 Å². The lowest BCUT2D eigenvalue weighted by atomic mass is 10.1. The molecular weight excluding hydrogens is 262 g/mol. The molecule has 0 saturated heterocycles.